The number of nitrogens with zero attached hydrogens (tertiary/aromatic N) is 3. The van der Waals surface area contributed by atoms with Crippen molar-refractivity contribution in [2.45, 2.75) is 5.41 Å². The molecule has 9 aromatic carbocycles. The maximum atomic E-state index is 5.14. The quantitative estimate of drug-likeness (QED) is 0.174. The highest BCUT2D eigenvalue weighted by Crippen LogP contribution is 2.63. The van der Waals surface area contributed by atoms with Gasteiger partial charge in [0.25, 0.3) is 0 Å². The van der Waals surface area contributed by atoms with Crippen LogP contribution in [0, 0.1) is 0 Å². The van der Waals surface area contributed by atoms with Crippen LogP contribution < -0.4 is 0 Å². The molecule has 0 bridgehead atoms. The van der Waals surface area contributed by atoms with E-state index in [0.29, 0.717) is 5.82 Å². The molecule has 0 amide bonds. The zero-order valence-electron chi connectivity index (χ0n) is 33.7. The summed E-state index contributed by atoms with van der Waals surface area (Å²) in [4.78, 5) is 10.3. The van der Waals surface area contributed by atoms with Crippen LogP contribution in [-0.2, 0) is 5.41 Å². The zero-order valence-corrected chi connectivity index (χ0v) is 33.7. The molecule has 3 heteroatoms. The van der Waals surface area contributed by atoms with Gasteiger partial charge in [0.15, 0.2) is 5.82 Å². The predicted molar refractivity (Wildman–Crippen MR) is 254 cm³/mol. The Kier molecular flexibility index (Phi) is 7.52. The topological polar surface area (TPSA) is 30.7 Å². The molecule has 3 nitrogen and oxygen atoms in total. The average Bonchev–Trinajstić information content (AvgIpc) is 3.95. The molecule has 1 spiro atoms. The molecule has 2 aromatic heterocycles. The standard InChI is InChI=1S/C59H37N3/c1-4-16-38(17-5-1)42-30-33-56-48(34-42)49-35-53-47(46-24-12-15-27-52(46)59(53)50-25-13-10-22-44(50)45-23-11-14-26-51(45)59)36-57(49)62(56)43-31-28-41(29-32-43)58-60-54(39-18-6-2-7-19-39)37-55(61-58)40-20-8-3-9-21-40/h1-37H. The van der Waals surface area contributed by atoms with Crippen molar-refractivity contribution in [3.05, 3.63) is 247 Å². The van der Waals surface area contributed by atoms with Gasteiger partial charge in [-0.05, 0) is 110 Å². The zero-order chi connectivity index (χ0) is 40.8. The molecule has 0 aliphatic heterocycles. The largest absolute Gasteiger partial charge is 0.309 e. The minimum absolute atomic E-state index is 0.423. The Morgan fingerprint density at radius 2 is 0.774 bits per heavy atom. The lowest BCUT2D eigenvalue weighted by atomic mass is 9.70. The fourth-order valence-electron chi connectivity index (χ4n) is 10.5. The summed E-state index contributed by atoms with van der Waals surface area (Å²) in [5, 5.41) is 2.46. The minimum Gasteiger partial charge on any atom is -0.309 e. The van der Waals surface area contributed by atoms with Crippen LogP contribution >= 0.6 is 0 Å². The molecule has 0 N–H and O–H groups in total. The van der Waals surface area contributed by atoms with Gasteiger partial charge in [-0.3, -0.25) is 0 Å². The van der Waals surface area contributed by atoms with Crippen molar-refractivity contribution < 1.29 is 0 Å². The molecule has 0 saturated heterocycles. The SMILES string of the molecule is c1ccc(-c2ccc3c(c2)c2cc4c(cc2n3-c2ccc(-c3nc(-c5ccccc5)cc(-c5ccccc5)n3)cc2)-c2ccccc2C42c3ccccc3-c3ccccc32)cc1. The van der Waals surface area contributed by atoms with E-state index in [1.807, 2.05) is 12.1 Å². The second kappa shape index (κ2) is 13.4. The third kappa shape index (κ3) is 5.00. The third-order valence-corrected chi connectivity index (χ3v) is 13.2. The Hall–Kier alpha value is -8.14. The van der Waals surface area contributed by atoms with Crippen LogP contribution in [-0.4, -0.2) is 14.5 Å². The number of benzene rings is 9. The molecule has 0 fully saturated rings. The first-order valence-corrected chi connectivity index (χ1v) is 21.3. The fraction of sp³-hybridized carbons (Fsp3) is 0.0169. The van der Waals surface area contributed by atoms with E-state index in [1.165, 1.54) is 77.4 Å². The maximum Gasteiger partial charge on any atom is 0.160 e. The molecular weight excluding hydrogens is 751 g/mol. The molecule has 11 aromatic rings. The average molecular weight is 788 g/mol. The highest BCUT2D eigenvalue weighted by molar-refractivity contribution is 6.13. The predicted octanol–water partition coefficient (Wildman–Crippen LogP) is 14.6. The third-order valence-electron chi connectivity index (χ3n) is 13.2. The smallest absolute Gasteiger partial charge is 0.160 e. The van der Waals surface area contributed by atoms with Gasteiger partial charge in [-0.1, -0.05) is 170 Å². The van der Waals surface area contributed by atoms with Crippen molar-refractivity contribution in [2.75, 3.05) is 0 Å². The van der Waals surface area contributed by atoms with E-state index in [4.69, 9.17) is 9.97 Å². The van der Waals surface area contributed by atoms with Crippen LogP contribution in [0.15, 0.2) is 224 Å². The van der Waals surface area contributed by atoms with Crippen molar-refractivity contribution in [2.24, 2.45) is 0 Å². The van der Waals surface area contributed by atoms with Gasteiger partial charge in [-0.15, -0.1) is 0 Å². The highest BCUT2D eigenvalue weighted by atomic mass is 15.0. The highest BCUT2D eigenvalue weighted by Gasteiger charge is 2.51. The van der Waals surface area contributed by atoms with Crippen molar-refractivity contribution in [3.8, 4) is 73.0 Å². The van der Waals surface area contributed by atoms with E-state index >= 15 is 0 Å². The van der Waals surface area contributed by atoms with Crippen molar-refractivity contribution in [1.82, 2.24) is 14.5 Å². The first-order valence-electron chi connectivity index (χ1n) is 21.3. The van der Waals surface area contributed by atoms with Gasteiger partial charge in [0.1, 0.15) is 0 Å². The maximum absolute atomic E-state index is 5.14. The summed E-state index contributed by atoms with van der Waals surface area (Å²) < 4.78 is 2.45. The number of hydrogen-bond acceptors (Lipinski definition) is 2. The van der Waals surface area contributed by atoms with Crippen LogP contribution in [0.3, 0.4) is 0 Å². The lowest BCUT2D eigenvalue weighted by Crippen LogP contribution is -2.25. The monoisotopic (exact) mass is 787 g/mol. The fourth-order valence-corrected chi connectivity index (χ4v) is 10.5. The van der Waals surface area contributed by atoms with E-state index in [2.05, 4.69) is 217 Å². The second-order valence-electron chi connectivity index (χ2n) is 16.5. The lowest BCUT2D eigenvalue weighted by Gasteiger charge is -2.30. The number of rotatable bonds is 5. The Morgan fingerprint density at radius 1 is 0.306 bits per heavy atom. The molecule has 2 heterocycles. The summed E-state index contributed by atoms with van der Waals surface area (Å²) in [7, 11) is 0. The van der Waals surface area contributed by atoms with E-state index in [9.17, 15) is 0 Å². The molecule has 2 aliphatic carbocycles. The summed E-state index contributed by atoms with van der Waals surface area (Å²) in [5.41, 5.74) is 20.9. The molecule has 0 radical (unpaired) electrons. The molecule has 0 atom stereocenters. The summed E-state index contributed by atoms with van der Waals surface area (Å²) in [5.74, 6) is 0.698. The van der Waals surface area contributed by atoms with Gasteiger partial charge in [-0.2, -0.15) is 0 Å². The van der Waals surface area contributed by atoms with Gasteiger partial charge in [0, 0.05) is 33.2 Å². The molecule has 2 aliphatic rings. The second-order valence-corrected chi connectivity index (χ2v) is 16.5. The van der Waals surface area contributed by atoms with E-state index in [1.54, 1.807) is 0 Å². The molecule has 0 saturated carbocycles. The van der Waals surface area contributed by atoms with Gasteiger partial charge in [-0.25, -0.2) is 9.97 Å². The molecular formula is C59H37N3. The normalized spacial score (nSPS) is 13.0. The molecule has 62 heavy (non-hydrogen) atoms. The summed E-state index contributed by atoms with van der Waals surface area (Å²) in [6, 6.07) is 81.5. The van der Waals surface area contributed by atoms with Crippen LogP contribution in [0.5, 0.6) is 0 Å². The summed E-state index contributed by atoms with van der Waals surface area (Å²) in [6.07, 6.45) is 0. The van der Waals surface area contributed by atoms with Crippen molar-refractivity contribution in [1.29, 1.82) is 0 Å². The van der Waals surface area contributed by atoms with Crippen molar-refractivity contribution >= 4 is 21.8 Å². The molecule has 288 valence electrons. The van der Waals surface area contributed by atoms with Crippen molar-refractivity contribution in [3.63, 3.8) is 0 Å². The number of aromatic nitrogens is 3. The molecule has 0 unspecified atom stereocenters. The van der Waals surface area contributed by atoms with Gasteiger partial charge >= 0.3 is 0 Å². The van der Waals surface area contributed by atoms with E-state index in [0.717, 1.165) is 33.8 Å². The Morgan fingerprint density at radius 3 is 1.34 bits per heavy atom. The van der Waals surface area contributed by atoms with E-state index in [-0.39, 0.29) is 0 Å². The first-order chi connectivity index (χ1) is 30.7. The number of fused-ring (bicyclic) bond motifs is 13. The summed E-state index contributed by atoms with van der Waals surface area (Å²) >= 11 is 0. The Bertz CT molecular complexity index is 3450. The van der Waals surface area contributed by atoms with Crippen LogP contribution in [0.2, 0.25) is 0 Å². The Balaban J connectivity index is 1.04. The van der Waals surface area contributed by atoms with Gasteiger partial charge < -0.3 is 4.57 Å². The van der Waals surface area contributed by atoms with Crippen LogP contribution in [0.25, 0.3) is 94.8 Å². The number of hydrogen-bond donors (Lipinski definition) is 0. The van der Waals surface area contributed by atoms with Gasteiger partial charge in [0.2, 0.25) is 0 Å². The lowest BCUT2D eigenvalue weighted by molar-refractivity contribution is 0.795. The van der Waals surface area contributed by atoms with E-state index < -0.39 is 5.41 Å². The Labute approximate surface area is 359 Å². The van der Waals surface area contributed by atoms with Crippen LogP contribution in [0.1, 0.15) is 22.3 Å². The summed E-state index contributed by atoms with van der Waals surface area (Å²) in [6.45, 7) is 0. The van der Waals surface area contributed by atoms with Crippen LogP contribution in [0.4, 0.5) is 0 Å². The minimum atomic E-state index is -0.423. The molecule has 13 rings (SSSR count). The first kappa shape index (κ1) is 34.7. The van der Waals surface area contributed by atoms with Gasteiger partial charge in [0.05, 0.1) is 27.8 Å².